The average Bonchev–Trinajstić information content (AvgIpc) is 2.77. The highest BCUT2D eigenvalue weighted by molar-refractivity contribution is 5.99. The molecule has 31 heavy (non-hydrogen) atoms. The van der Waals surface area contributed by atoms with Crippen molar-refractivity contribution in [3.05, 3.63) is 89.7 Å². The molecule has 0 spiro atoms. The summed E-state index contributed by atoms with van der Waals surface area (Å²) in [5.74, 6) is -0.0691. The average molecular weight is 418 g/mol. The number of aromatic nitrogens is 1. The number of anilines is 1. The van der Waals surface area contributed by atoms with Crippen molar-refractivity contribution in [2.75, 3.05) is 5.32 Å². The number of ether oxygens (including phenoxy) is 1. The van der Waals surface area contributed by atoms with Crippen LogP contribution in [0, 0.1) is 0 Å². The van der Waals surface area contributed by atoms with Gasteiger partial charge in [-0.15, -0.1) is 0 Å². The number of rotatable bonds is 5. The number of nitrogens with one attached hydrogen (secondary N) is 3. The van der Waals surface area contributed by atoms with E-state index in [1.165, 1.54) is 0 Å². The third kappa shape index (κ3) is 6.30. The highest BCUT2D eigenvalue weighted by Crippen LogP contribution is 2.23. The number of hydrogen-bond acceptors (Lipinski definition) is 4. The van der Waals surface area contributed by atoms with Crippen molar-refractivity contribution < 1.29 is 14.3 Å². The number of urea groups is 1. The second-order valence-corrected chi connectivity index (χ2v) is 8.00. The molecule has 0 aliphatic carbocycles. The molecule has 3 amide bonds. The highest BCUT2D eigenvalue weighted by atomic mass is 16.5. The SMILES string of the molecule is CC(C)(C)c1ccc(NC(=O)NNC(=O)c2ccccc2OCc2ccncc2)cc1. The van der Waals surface area contributed by atoms with E-state index in [-0.39, 0.29) is 5.41 Å². The first kappa shape index (κ1) is 21.8. The van der Waals surface area contributed by atoms with Gasteiger partial charge in [0.1, 0.15) is 12.4 Å². The Morgan fingerprint density at radius 2 is 1.58 bits per heavy atom. The Morgan fingerprint density at radius 1 is 0.903 bits per heavy atom. The van der Waals surface area contributed by atoms with E-state index in [0.717, 1.165) is 11.1 Å². The molecule has 160 valence electrons. The van der Waals surface area contributed by atoms with E-state index in [1.807, 2.05) is 36.4 Å². The largest absolute Gasteiger partial charge is 0.488 e. The van der Waals surface area contributed by atoms with Gasteiger partial charge in [-0.2, -0.15) is 0 Å². The molecule has 0 aliphatic rings. The minimum absolute atomic E-state index is 0.0294. The lowest BCUT2D eigenvalue weighted by atomic mass is 9.87. The number of benzene rings is 2. The number of amides is 3. The number of hydrazine groups is 1. The summed E-state index contributed by atoms with van der Waals surface area (Å²) in [4.78, 5) is 28.7. The Kier molecular flexibility index (Phi) is 6.87. The number of nitrogens with zero attached hydrogens (tertiary/aromatic N) is 1. The van der Waals surface area contributed by atoms with Gasteiger partial charge in [0.25, 0.3) is 5.91 Å². The fraction of sp³-hybridized carbons (Fsp3) is 0.208. The monoisotopic (exact) mass is 418 g/mol. The molecule has 0 saturated heterocycles. The summed E-state index contributed by atoms with van der Waals surface area (Å²) in [7, 11) is 0. The van der Waals surface area contributed by atoms with Crippen LogP contribution in [0.1, 0.15) is 42.3 Å². The second kappa shape index (κ2) is 9.75. The van der Waals surface area contributed by atoms with E-state index in [4.69, 9.17) is 4.74 Å². The summed E-state index contributed by atoms with van der Waals surface area (Å²) < 4.78 is 5.77. The molecule has 0 saturated carbocycles. The third-order valence-corrected chi connectivity index (χ3v) is 4.57. The summed E-state index contributed by atoms with van der Waals surface area (Å²) in [5, 5.41) is 2.69. The van der Waals surface area contributed by atoms with E-state index in [2.05, 4.69) is 41.9 Å². The van der Waals surface area contributed by atoms with Gasteiger partial charge in [0.15, 0.2) is 0 Å². The quantitative estimate of drug-likeness (QED) is 0.535. The summed E-state index contributed by atoms with van der Waals surface area (Å²) >= 11 is 0. The predicted octanol–water partition coefficient (Wildman–Crippen LogP) is 4.42. The zero-order valence-electron chi connectivity index (χ0n) is 17.8. The number of carbonyl (C=O) groups is 2. The predicted molar refractivity (Wildman–Crippen MR) is 120 cm³/mol. The van der Waals surface area contributed by atoms with Gasteiger partial charge >= 0.3 is 6.03 Å². The molecule has 7 nitrogen and oxygen atoms in total. The molecule has 1 heterocycles. The van der Waals surface area contributed by atoms with Gasteiger partial charge in [-0.25, -0.2) is 10.2 Å². The van der Waals surface area contributed by atoms with Crippen LogP contribution >= 0.6 is 0 Å². The molecule has 0 fully saturated rings. The molecule has 0 aliphatic heterocycles. The maximum absolute atomic E-state index is 12.5. The van der Waals surface area contributed by atoms with Gasteiger partial charge in [-0.3, -0.25) is 15.2 Å². The zero-order valence-corrected chi connectivity index (χ0v) is 17.8. The first-order chi connectivity index (χ1) is 14.8. The van der Waals surface area contributed by atoms with E-state index < -0.39 is 11.9 Å². The Morgan fingerprint density at radius 3 is 2.26 bits per heavy atom. The molecular formula is C24H26N4O3. The zero-order chi connectivity index (χ0) is 22.3. The first-order valence-electron chi connectivity index (χ1n) is 9.91. The lowest BCUT2D eigenvalue weighted by Crippen LogP contribution is -2.44. The highest BCUT2D eigenvalue weighted by Gasteiger charge is 2.15. The van der Waals surface area contributed by atoms with Crippen LogP contribution in [0.15, 0.2) is 73.1 Å². The van der Waals surface area contributed by atoms with Crippen LogP contribution in [-0.4, -0.2) is 16.9 Å². The van der Waals surface area contributed by atoms with Gasteiger partial charge in [0.2, 0.25) is 0 Å². The number of pyridine rings is 1. The molecule has 3 rings (SSSR count). The Labute approximate surface area is 181 Å². The Bertz CT molecular complexity index is 1030. The number of para-hydroxylation sites is 1. The summed E-state index contributed by atoms with van der Waals surface area (Å²) in [6, 6.07) is 17.5. The molecule has 3 aromatic rings. The van der Waals surface area contributed by atoms with Crippen LogP contribution in [0.4, 0.5) is 10.5 Å². The second-order valence-electron chi connectivity index (χ2n) is 8.00. The normalized spacial score (nSPS) is 10.8. The van der Waals surface area contributed by atoms with Crippen LogP contribution < -0.4 is 20.9 Å². The van der Waals surface area contributed by atoms with Crippen molar-refractivity contribution in [2.45, 2.75) is 32.8 Å². The molecule has 0 unspecified atom stereocenters. The van der Waals surface area contributed by atoms with E-state index in [9.17, 15) is 9.59 Å². The molecule has 0 bridgehead atoms. The molecule has 2 aromatic carbocycles. The smallest absolute Gasteiger partial charge is 0.337 e. The van der Waals surface area contributed by atoms with Crippen LogP contribution in [0.25, 0.3) is 0 Å². The standard InChI is InChI=1S/C24H26N4O3/c1-24(2,3)18-8-10-19(11-9-18)26-23(30)28-27-22(29)20-6-4-5-7-21(20)31-16-17-12-14-25-15-13-17/h4-15H,16H2,1-3H3,(H,27,29)(H2,26,28,30). The van der Waals surface area contributed by atoms with E-state index in [1.54, 1.807) is 36.7 Å². The van der Waals surface area contributed by atoms with Gasteiger partial charge in [-0.1, -0.05) is 45.0 Å². The van der Waals surface area contributed by atoms with Gasteiger partial charge in [0, 0.05) is 18.1 Å². The van der Waals surface area contributed by atoms with Crippen LogP contribution in [0.2, 0.25) is 0 Å². The lowest BCUT2D eigenvalue weighted by Gasteiger charge is -2.19. The molecule has 3 N–H and O–H groups in total. The van der Waals surface area contributed by atoms with Crippen molar-refractivity contribution in [1.82, 2.24) is 15.8 Å². The van der Waals surface area contributed by atoms with E-state index in [0.29, 0.717) is 23.6 Å². The maximum atomic E-state index is 12.5. The van der Waals surface area contributed by atoms with Crippen molar-refractivity contribution in [3.63, 3.8) is 0 Å². The molecule has 1 aromatic heterocycles. The first-order valence-corrected chi connectivity index (χ1v) is 9.91. The van der Waals surface area contributed by atoms with Gasteiger partial charge < -0.3 is 10.1 Å². The topological polar surface area (TPSA) is 92.4 Å². The van der Waals surface area contributed by atoms with Crippen LogP contribution in [0.5, 0.6) is 5.75 Å². The van der Waals surface area contributed by atoms with Gasteiger partial charge in [0.05, 0.1) is 5.56 Å². The molecular weight excluding hydrogens is 392 g/mol. The summed E-state index contributed by atoms with van der Waals surface area (Å²) in [6.45, 7) is 6.66. The summed E-state index contributed by atoms with van der Waals surface area (Å²) in [6.07, 6.45) is 3.35. The maximum Gasteiger partial charge on any atom is 0.337 e. The van der Waals surface area contributed by atoms with Gasteiger partial charge in [-0.05, 0) is 52.9 Å². The molecule has 7 heteroatoms. The Hall–Kier alpha value is -3.87. The lowest BCUT2D eigenvalue weighted by molar-refractivity contribution is 0.0933. The third-order valence-electron chi connectivity index (χ3n) is 4.57. The fourth-order valence-electron chi connectivity index (χ4n) is 2.82. The van der Waals surface area contributed by atoms with Crippen LogP contribution in [0.3, 0.4) is 0 Å². The number of carbonyl (C=O) groups excluding carboxylic acids is 2. The van der Waals surface area contributed by atoms with Crippen molar-refractivity contribution in [2.24, 2.45) is 0 Å². The van der Waals surface area contributed by atoms with Crippen LogP contribution in [-0.2, 0) is 12.0 Å². The summed E-state index contributed by atoms with van der Waals surface area (Å²) in [5.41, 5.74) is 7.82. The minimum atomic E-state index is -0.549. The Balaban J connectivity index is 1.55. The molecule has 0 atom stereocenters. The fourth-order valence-corrected chi connectivity index (χ4v) is 2.82. The van der Waals surface area contributed by atoms with E-state index >= 15 is 0 Å². The van der Waals surface area contributed by atoms with Crippen molar-refractivity contribution >= 4 is 17.6 Å². The molecule has 0 radical (unpaired) electrons. The van der Waals surface area contributed by atoms with Crippen molar-refractivity contribution in [1.29, 1.82) is 0 Å². The minimum Gasteiger partial charge on any atom is -0.488 e. The number of hydrogen-bond donors (Lipinski definition) is 3. The van der Waals surface area contributed by atoms with Crippen molar-refractivity contribution in [3.8, 4) is 5.75 Å².